The van der Waals surface area contributed by atoms with Crippen LogP contribution < -0.4 is 10.2 Å². The van der Waals surface area contributed by atoms with Crippen LogP contribution in [-0.4, -0.2) is 23.1 Å². The van der Waals surface area contributed by atoms with E-state index in [2.05, 4.69) is 59.4 Å². The molecule has 0 atom stereocenters. The van der Waals surface area contributed by atoms with Crippen LogP contribution in [0.15, 0.2) is 30.3 Å². The third kappa shape index (κ3) is 4.21. The van der Waals surface area contributed by atoms with Gasteiger partial charge in [-0.1, -0.05) is 36.8 Å². The minimum atomic E-state index is 0.721. The van der Waals surface area contributed by atoms with Gasteiger partial charge in [0.15, 0.2) is 0 Å². The molecule has 4 nitrogen and oxygen atoms in total. The highest BCUT2D eigenvalue weighted by molar-refractivity contribution is 5.45. The molecule has 0 radical (unpaired) electrons. The second-order valence-corrected chi connectivity index (χ2v) is 6.70. The molecular formula is C19H26N4. The number of hydrogen-bond donors (Lipinski definition) is 1. The zero-order chi connectivity index (χ0) is 16.2. The first-order valence-electron chi connectivity index (χ1n) is 8.50. The van der Waals surface area contributed by atoms with E-state index in [-0.39, 0.29) is 0 Å². The van der Waals surface area contributed by atoms with Crippen LogP contribution in [0.2, 0.25) is 0 Å². The summed E-state index contributed by atoms with van der Waals surface area (Å²) in [5.41, 5.74) is 3.54. The maximum Gasteiger partial charge on any atom is 0.225 e. The normalized spacial score (nSPS) is 15.7. The van der Waals surface area contributed by atoms with Gasteiger partial charge in [0, 0.05) is 31.4 Å². The Morgan fingerprint density at radius 3 is 2.48 bits per heavy atom. The third-order valence-corrected chi connectivity index (χ3v) is 4.52. The Balaban J connectivity index is 1.68. The molecule has 0 spiro atoms. The first-order valence-corrected chi connectivity index (χ1v) is 8.50. The molecule has 1 N–H and O–H groups in total. The van der Waals surface area contributed by atoms with E-state index in [1.807, 2.05) is 6.92 Å². The number of hydrogen-bond acceptors (Lipinski definition) is 4. The Morgan fingerprint density at radius 2 is 1.78 bits per heavy atom. The van der Waals surface area contributed by atoms with Crippen molar-refractivity contribution >= 4 is 11.8 Å². The van der Waals surface area contributed by atoms with Gasteiger partial charge < -0.3 is 10.2 Å². The smallest absolute Gasteiger partial charge is 0.225 e. The molecule has 4 heteroatoms. The number of piperidine rings is 1. The summed E-state index contributed by atoms with van der Waals surface area (Å²) in [6, 6.07) is 10.6. The van der Waals surface area contributed by atoms with Crippen molar-refractivity contribution in [2.75, 3.05) is 23.3 Å². The molecule has 0 amide bonds. The van der Waals surface area contributed by atoms with Crippen molar-refractivity contribution in [2.24, 2.45) is 5.92 Å². The van der Waals surface area contributed by atoms with Gasteiger partial charge in [-0.3, -0.25) is 0 Å². The molecule has 122 valence electrons. The van der Waals surface area contributed by atoms with Crippen molar-refractivity contribution < 1.29 is 0 Å². The van der Waals surface area contributed by atoms with Crippen LogP contribution in [0.3, 0.4) is 0 Å². The SMILES string of the molecule is Cc1ccc(CNc2nc(C)cc(N3CCC(C)CC3)n2)cc1. The van der Waals surface area contributed by atoms with Gasteiger partial charge >= 0.3 is 0 Å². The average Bonchev–Trinajstić information content (AvgIpc) is 2.54. The molecule has 1 aromatic heterocycles. The molecule has 2 aromatic rings. The van der Waals surface area contributed by atoms with Gasteiger partial charge in [0.05, 0.1) is 0 Å². The predicted molar refractivity (Wildman–Crippen MR) is 95.9 cm³/mol. The highest BCUT2D eigenvalue weighted by atomic mass is 15.2. The van der Waals surface area contributed by atoms with Crippen LogP contribution in [0.5, 0.6) is 0 Å². The molecule has 23 heavy (non-hydrogen) atoms. The molecule has 2 heterocycles. The maximum atomic E-state index is 4.72. The summed E-state index contributed by atoms with van der Waals surface area (Å²) in [5, 5.41) is 3.36. The monoisotopic (exact) mass is 310 g/mol. The standard InChI is InChI=1S/C19H26N4/c1-14-4-6-17(7-5-14)13-20-19-21-16(3)12-18(22-19)23-10-8-15(2)9-11-23/h4-7,12,15H,8-11,13H2,1-3H3,(H,20,21,22). The second kappa shape index (κ2) is 6.99. The third-order valence-electron chi connectivity index (χ3n) is 4.52. The molecule has 0 aliphatic carbocycles. The lowest BCUT2D eigenvalue weighted by Gasteiger charge is -2.31. The van der Waals surface area contributed by atoms with Crippen molar-refractivity contribution in [3.8, 4) is 0 Å². The zero-order valence-corrected chi connectivity index (χ0v) is 14.3. The summed E-state index contributed by atoms with van der Waals surface area (Å²) in [4.78, 5) is 11.6. The fourth-order valence-corrected chi connectivity index (χ4v) is 2.92. The highest BCUT2D eigenvalue weighted by Gasteiger charge is 2.17. The Bertz CT molecular complexity index is 643. The van der Waals surface area contributed by atoms with Crippen molar-refractivity contribution in [1.82, 2.24) is 9.97 Å². The van der Waals surface area contributed by atoms with E-state index < -0.39 is 0 Å². The zero-order valence-electron chi connectivity index (χ0n) is 14.3. The van der Waals surface area contributed by atoms with E-state index in [9.17, 15) is 0 Å². The molecule has 0 bridgehead atoms. The first-order chi connectivity index (χ1) is 11.1. The van der Waals surface area contributed by atoms with Gasteiger partial charge in [-0.25, -0.2) is 4.98 Å². The Hall–Kier alpha value is -2.10. The topological polar surface area (TPSA) is 41.1 Å². The molecule has 1 aromatic carbocycles. The number of aromatic nitrogens is 2. The van der Waals surface area contributed by atoms with E-state index in [1.165, 1.54) is 24.0 Å². The van der Waals surface area contributed by atoms with Gasteiger partial charge in [-0.05, 0) is 38.2 Å². The number of nitrogens with one attached hydrogen (secondary N) is 1. The quantitative estimate of drug-likeness (QED) is 0.928. The Morgan fingerprint density at radius 1 is 1.09 bits per heavy atom. The van der Waals surface area contributed by atoms with Gasteiger partial charge in [0.1, 0.15) is 5.82 Å². The molecule has 1 aliphatic heterocycles. The molecule has 0 unspecified atom stereocenters. The molecular weight excluding hydrogens is 284 g/mol. The molecule has 3 rings (SSSR count). The van der Waals surface area contributed by atoms with E-state index >= 15 is 0 Å². The Kier molecular flexibility index (Phi) is 4.79. The van der Waals surface area contributed by atoms with Gasteiger partial charge in [0.25, 0.3) is 0 Å². The van der Waals surface area contributed by atoms with Crippen LogP contribution in [0.4, 0.5) is 11.8 Å². The number of aryl methyl sites for hydroxylation is 2. The Labute approximate surface area is 139 Å². The average molecular weight is 310 g/mol. The van der Waals surface area contributed by atoms with E-state index in [0.717, 1.165) is 43.0 Å². The second-order valence-electron chi connectivity index (χ2n) is 6.70. The highest BCUT2D eigenvalue weighted by Crippen LogP contribution is 2.22. The molecule has 1 fully saturated rings. The number of rotatable bonds is 4. The fourth-order valence-electron chi connectivity index (χ4n) is 2.92. The van der Waals surface area contributed by atoms with E-state index in [1.54, 1.807) is 0 Å². The fraction of sp³-hybridized carbons (Fsp3) is 0.474. The largest absolute Gasteiger partial charge is 0.356 e. The van der Waals surface area contributed by atoms with Crippen molar-refractivity contribution in [2.45, 2.75) is 40.2 Å². The first kappa shape index (κ1) is 15.8. The number of benzene rings is 1. The summed E-state index contributed by atoms with van der Waals surface area (Å²) in [6.07, 6.45) is 2.49. The van der Waals surface area contributed by atoms with E-state index in [4.69, 9.17) is 4.98 Å². The van der Waals surface area contributed by atoms with Crippen LogP contribution in [0.1, 0.15) is 36.6 Å². The number of nitrogens with zero attached hydrogens (tertiary/aromatic N) is 3. The van der Waals surface area contributed by atoms with E-state index in [0.29, 0.717) is 0 Å². The van der Waals surface area contributed by atoms with Crippen LogP contribution in [0.25, 0.3) is 0 Å². The van der Waals surface area contributed by atoms with Crippen LogP contribution >= 0.6 is 0 Å². The number of anilines is 2. The molecule has 0 saturated carbocycles. The molecule has 1 aliphatic rings. The predicted octanol–water partition coefficient (Wildman–Crippen LogP) is 3.94. The van der Waals surface area contributed by atoms with Crippen LogP contribution in [0, 0.1) is 19.8 Å². The van der Waals surface area contributed by atoms with Gasteiger partial charge in [-0.2, -0.15) is 4.98 Å². The lowest BCUT2D eigenvalue weighted by molar-refractivity contribution is 0.436. The lowest BCUT2D eigenvalue weighted by atomic mass is 9.99. The van der Waals surface area contributed by atoms with Crippen molar-refractivity contribution in [3.05, 3.63) is 47.2 Å². The summed E-state index contributed by atoms with van der Waals surface area (Å²) >= 11 is 0. The summed E-state index contributed by atoms with van der Waals surface area (Å²) in [7, 11) is 0. The van der Waals surface area contributed by atoms with Gasteiger partial charge in [0.2, 0.25) is 5.95 Å². The van der Waals surface area contributed by atoms with Crippen molar-refractivity contribution in [1.29, 1.82) is 0 Å². The van der Waals surface area contributed by atoms with Crippen molar-refractivity contribution in [3.63, 3.8) is 0 Å². The lowest BCUT2D eigenvalue weighted by Crippen LogP contribution is -2.33. The van der Waals surface area contributed by atoms with Crippen LogP contribution in [-0.2, 0) is 6.54 Å². The summed E-state index contributed by atoms with van der Waals surface area (Å²) < 4.78 is 0. The minimum absolute atomic E-state index is 0.721. The molecule has 1 saturated heterocycles. The summed E-state index contributed by atoms with van der Waals surface area (Å²) in [6.45, 7) is 9.41. The minimum Gasteiger partial charge on any atom is -0.356 e. The summed E-state index contributed by atoms with van der Waals surface area (Å²) in [5.74, 6) is 2.60. The van der Waals surface area contributed by atoms with Gasteiger partial charge in [-0.15, -0.1) is 0 Å². The maximum absolute atomic E-state index is 4.72.